The lowest BCUT2D eigenvalue weighted by Crippen LogP contribution is -2.48. The number of esters is 1. The molecule has 26 heavy (non-hydrogen) atoms. The second-order valence-corrected chi connectivity index (χ2v) is 5.50. The number of aromatic nitrogens is 2. The van der Waals surface area contributed by atoms with Crippen molar-refractivity contribution in [2.24, 2.45) is 5.73 Å². The Labute approximate surface area is 146 Å². The first kappa shape index (κ1) is 19.2. The molecule has 12 nitrogen and oxygen atoms in total. The van der Waals surface area contributed by atoms with Crippen LogP contribution in [0.3, 0.4) is 0 Å². The maximum Gasteiger partial charge on any atom is 0.353 e. The third kappa shape index (κ3) is 3.18. The maximum atomic E-state index is 12.0. The van der Waals surface area contributed by atoms with Gasteiger partial charge in [-0.05, 0) is 13.0 Å². The predicted molar refractivity (Wildman–Crippen MR) is 83.9 cm³/mol. The molecular weight excluding hydrogens is 350 g/mol. The molecule has 140 valence electrons. The summed E-state index contributed by atoms with van der Waals surface area (Å²) in [5, 5.41) is 38.9. The van der Waals surface area contributed by atoms with Gasteiger partial charge in [-0.15, -0.1) is 0 Å². The Morgan fingerprint density at radius 2 is 2.31 bits per heavy atom. The number of aliphatic hydroxyl groups is 3. The first-order valence-corrected chi connectivity index (χ1v) is 7.30. The number of anilines is 1. The van der Waals surface area contributed by atoms with E-state index in [0.717, 1.165) is 6.20 Å². The van der Waals surface area contributed by atoms with Gasteiger partial charge in [0.2, 0.25) is 0 Å². The summed E-state index contributed by atoms with van der Waals surface area (Å²) < 4.78 is 10.7. The average molecular weight is 367 g/mol. The minimum atomic E-state index is -2.37. The van der Waals surface area contributed by atoms with E-state index in [1.165, 1.54) is 13.0 Å². The highest BCUT2D eigenvalue weighted by Gasteiger charge is 2.53. The summed E-state index contributed by atoms with van der Waals surface area (Å²) in [6.45, 7) is 0.586. The van der Waals surface area contributed by atoms with Crippen LogP contribution < -0.4 is 17.2 Å². The lowest BCUT2D eigenvalue weighted by molar-refractivity contribution is -0.149. The molecule has 2 heterocycles. The number of nitrogens with two attached hydrogens (primary N) is 2. The monoisotopic (exact) mass is 367 g/mol. The zero-order chi connectivity index (χ0) is 19.6. The number of carbonyl (C=O) groups is 1. The Kier molecular flexibility index (Phi) is 5.17. The second kappa shape index (κ2) is 7.00. The molecule has 0 saturated heterocycles. The van der Waals surface area contributed by atoms with Crippen LogP contribution in [0.4, 0.5) is 5.82 Å². The Morgan fingerprint density at radius 1 is 1.65 bits per heavy atom. The van der Waals surface area contributed by atoms with Gasteiger partial charge in [-0.3, -0.25) is 4.79 Å². The topological polar surface area (TPSA) is 207 Å². The third-order valence-corrected chi connectivity index (χ3v) is 3.67. The van der Waals surface area contributed by atoms with Crippen molar-refractivity contribution in [3.63, 3.8) is 0 Å². The molecule has 7 N–H and O–H groups in total. The van der Waals surface area contributed by atoms with Gasteiger partial charge in [0.1, 0.15) is 17.9 Å². The van der Waals surface area contributed by atoms with Gasteiger partial charge >= 0.3 is 17.4 Å². The summed E-state index contributed by atoms with van der Waals surface area (Å²) in [5.41, 5.74) is 7.40. The highest BCUT2D eigenvalue weighted by Crippen LogP contribution is 2.36. The lowest BCUT2D eigenvalue weighted by atomic mass is 10.1. The molecule has 0 aromatic carbocycles. The highest BCUT2D eigenvalue weighted by molar-refractivity contribution is 5.76. The molecule has 2 rings (SSSR count). The smallest absolute Gasteiger partial charge is 0.353 e. The molecule has 12 heteroatoms. The molecule has 0 aliphatic carbocycles. The van der Waals surface area contributed by atoms with Gasteiger partial charge in [0.25, 0.3) is 0 Å². The first-order valence-electron chi connectivity index (χ1n) is 7.30. The predicted octanol–water partition coefficient (Wildman–Crippen LogP) is -2.59. The molecule has 0 saturated carbocycles. The molecule has 0 radical (unpaired) electrons. The SMILES string of the molecule is CC(O)[C@@H](N)C(=O)OCC1=C(O)C(O)[C@](C#N)(n2ccc(N)nc2=O)O1. The van der Waals surface area contributed by atoms with Crippen molar-refractivity contribution in [3.05, 3.63) is 34.3 Å². The number of hydrogen-bond donors (Lipinski definition) is 5. The van der Waals surface area contributed by atoms with E-state index in [9.17, 15) is 30.2 Å². The largest absolute Gasteiger partial charge is 0.506 e. The zero-order valence-electron chi connectivity index (χ0n) is 13.6. The molecule has 0 amide bonds. The van der Waals surface area contributed by atoms with E-state index in [1.807, 2.05) is 0 Å². The summed E-state index contributed by atoms with van der Waals surface area (Å²) in [4.78, 5) is 27.1. The van der Waals surface area contributed by atoms with E-state index in [0.29, 0.717) is 4.57 Å². The van der Waals surface area contributed by atoms with E-state index in [1.54, 1.807) is 6.07 Å². The molecule has 1 aliphatic rings. The molecule has 4 atom stereocenters. The van der Waals surface area contributed by atoms with Crippen molar-refractivity contribution in [2.45, 2.75) is 30.9 Å². The molecule has 1 aliphatic heterocycles. The number of ether oxygens (including phenoxy) is 2. The normalized spacial score (nSPS) is 24.5. The van der Waals surface area contributed by atoms with Gasteiger partial charge in [-0.25, -0.2) is 9.36 Å². The van der Waals surface area contributed by atoms with Gasteiger partial charge in [0, 0.05) is 6.20 Å². The average Bonchev–Trinajstić information content (AvgIpc) is 2.84. The van der Waals surface area contributed by atoms with E-state index in [2.05, 4.69) is 4.98 Å². The number of aliphatic hydroxyl groups excluding tert-OH is 3. The Hall–Kier alpha value is -3.14. The number of rotatable bonds is 5. The molecular formula is C14H17N5O7. The van der Waals surface area contributed by atoms with Crippen LogP contribution in [0.1, 0.15) is 6.92 Å². The van der Waals surface area contributed by atoms with Gasteiger partial charge in [0.15, 0.2) is 24.2 Å². The summed E-state index contributed by atoms with van der Waals surface area (Å²) in [7, 11) is 0. The number of nitrogen functional groups attached to an aromatic ring is 1. The molecule has 2 unspecified atom stereocenters. The van der Waals surface area contributed by atoms with Crippen molar-refractivity contribution in [1.82, 2.24) is 9.55 Å². The van der Waals surface area contributed by atoms with E-state index >= 15 is 0 Å². The van der Waals surface area contributed by atoms with Crippen LogP contribution in [0.2, 0.25) is 0 Å². The minimum absolute atomic E-state index is 0.120. The Bertz CT molecular complexity index is 843. The Balaban J connectivity index is 2.27. The second-order valence-electron chi connectivity index (χ2n) is 5.50. The molecule has 0 fully saturated rings. The van der Waals surface area contributed by atoms with Crippen LogP contribution in [0.25, 0.3) is 0 Å². The summed E-state index contributed by atoms with van der Waals surface area (Å²) in [6, 6.07) is 1.44. The van der Waals surface area contributed by atoms with Gasteiger partial charge in [0.05, 0.1) is 6.10 Å². The zero-order valence-corrected chi connectivity index (χ0v) is 13.6. The van der Waals surface area contributed by atoms with Crippen molar-refractivity contribution in [3.8, 4) is 6.07 Å². The van der Waals surface area contributed by atoms with Crippen LogP contribution in [0.15, 0.2) is 28.6 Å². The van der Waals surface area contributed by atoms with E-state index in [-0.39, 0.29) is 5.82 Å². The highest BCUT2D eigenvalue weighted by atomic mass is 16.6. The fraction of sp³-hybridized carbons (Fsp3) is 0.429. The van der Waals surface area contributed by atoms with Crippen molar-refractivity contribution >= 4 is 11.8 Å². The van der Waals surface area contributed by atoms with Crippen LogP contribution in [-0.2, 0) is 20.0 Å². The lowest BCUT2D eigenvalue weighted by Gasteiger charge is -2.26. The van der Waals surface area contributed by atoms with E-state index < -0.39 is 53.8 Å². The number of nitriles is 1. The maximum absolute atomic E-state index is 12.0. The number of hydrogen-bond acceptors (Lipinski definition) is 11. The molecule has 0 spiro atoms. The quantitative estimate of drug-likeness (QED) is 0.341. The fourth-order valence-corrected chi connectivity index (χ4v) is 2.15. The fourth-order valence-electron chi connectivity index (χ4n) is 2.15. The number of carbonyl (C=O) groups excluding carboxylic acids is 1. The van der Waals surface area contributed by atoms with Crippen molar-refractivity contribution in [2.75, 3.05) is 12.3 Å². The van der Waals surface area contributed by atoms with Crippen LogP contribution in [0.5, 0.6) is 0 Å². The third-order valence-electron chi connectivity index (χ3n) is 3.67. The van der Waals surface area contributed by atoms with Crippen molar-refractivity contribution < 1.29 is 29.6 Å². The van der Waals surface area contributed by atoms with Crippen LogP contribution >= 0.6 is 0 Å². The van der Waals surface area contributed by atoms with Gasteiger partial charge in [-0.2, -0.15) is 10.2 Å². The summed E-state index contributed by atoms with van der Waals surface area (Å²) in [5.74, 6) is -2.40. The molecule has 1 aromatic heterocycles. The van der Waals surface area contributed by atoms with Crippen LogP contribution in [-0.4, -0.2) is 55.7 Å². The molecule has 1 aromatic rings. The number of nitrogens with zero attached hydrogens (tertiary/aromatic N) is 3. The first-order chi connectivity index (χ1) is 12.1. The van der Waals surface area contributed by atoms with Crippen molar-refractivity contribution in [1.29, 1.82) is 5.26 Å². The van der Waals surface area contributed by atoms with Gasteiger partial charge in [-0.1, -0.05) is 0 Å². The minimum Gasteiger partial charge on any atom is -0.506 e. The van der Waals surface area contributed by atoms with E-state index in [4.69, 9.17) is 20.9 Å². The standard InChI is InChI=1S/C14H17N5O7/c1-6(20)9(17)12(23)25-4-7-10(21)11(22)14(5-15,26-7)19-3-2-8(16)18-13(19)24/h2-3,6,9,11,20-22H,4,17H2,1H3,(H2,16,18,24)/t6?,9-,11?,14-/m1/s1. The van der Waals surface area contributed by atoms with Crippen LogP contribution in [0, 0.1) is 11.3 Å². The van der Waals surface area contributed by atoms with Gasteiger partial charge < -0.3 is 36.3 Å². The molecule has 0 bridgehead atoms. The summed E-state index contributed by atoms with van der Waals surface area (Å²) >= 11 is 0. The Morgan fingerprint density at radius 3 is 2.85 bits per heavy atom. The summed E-state index contributed by atoms with van der Waals surface area (Å²) in [6.07, 6.45) is -2.09.